The Morgan fingerprint density at radius 3 is 2.61 bits per heavy atom. The van der Waals surface area contributed by atoms with Crippen LogP contribution in [0.5, 0.6) is 0 Å². The number of carbonyl (C=O) groups excluding carboxylic acids is 1. The van der Waals surface area contributed by atoms with Gasteiger partial charge in [-0.15, -0.1) is 0 Å². The smallest absolute Gasteiger partial charge is 0.315 e. The van der Waals surface area contributed by atoms with Crippen molar-refractivity contribution >= 4 is 15.9 Å². The van der Waals surface area contributed by atoms with Crippen molar-refractivity contribution in [2.24, 2.45) is 5.92 Å². The summed E-state index contributed by atoms with van der Waals surface area (Å²) in [6, 6.07) is -0.820. The molecule has 8 heteroatoms. The zero-order chi connectivity index (χ0) is 17.1. The maximum atomic E-state index is 11.8. The molecular formula is C15H28N2O5S. The number of hydrogen-bond donors (Lipinski definition) is 2. The molecule has 0 aromatic heterocycles. The van der Waals surface area contributed by atoms with Gasteiger partial charge in [0.15, 0.2) is 5.79 Å². The third kappa shape index (κ3) is 5.93. The van der Waals surface area contributed by atoms with Crippen molar-refractivity contribution < 1.29 is 22.7 Å². The SMILES string of the molecule is CC1CCC2(CC1)OCC(CNC(=O)NC(C)CS(C)(=O)=O)O2. The van der Waals surface area contributed by atoms with Gasteiger partial charge in [-0.2, -0.15) is 0 Å². The molecule has 0 bridgehead atoms. The van der Waals surface area contributed by atoms with Crippen LogP contribution in [0.1, 0.15) is 39.5 Å². The molecule has 2 rings (SSSR count). The first-order chi connectivity index (χ1) is 10.7. The van der Waals surface area contributed by atoms with E-state index in [9.17, 15) is 13.2 Å². The van der Waals surface area contributed by atoms with Gasteiger partial charge in [0.05, 0.1) is 12.4 Å². The Balaban J connectivity index is 1.69. The molecule has 2 unspecified atom stereocenters. The highest BCUT2D eigenvalue weighted by molar-refractivity contribution is 7.90. The average Bonchev–Trinajstić information content (AvgIpc) is 2.81. The molecule has 1 spiro atoms. The van der Waals surface area contributed by atoms with Gasteiger partial charge < -0.3 is 20.1 Å². The van der Waals surface area contributed by atoms with E-state index in [1.807, 2.05) is 0 Å². The first-order valence-corrected chi connectivity index (χ1v) is 10.3. The van der Waals surface area contributed by atoms with Crippen molar-refractivity contribution in [3.8, 4) is 0 Å². The van der Waals surface area contributed by atoms with E-state index in [1.165, 1.54) is 0 Å². The summed E-state index contributed by atoms with van der Waals surface area (Å²) in [5.41, 5.74) is 0. The van der Waals surface area contributed by atoms with Crippen molar-refractivity contribution in [1.29, 1.82) is 0 Å². The van der Waals surface area contributed by atoms with Gasteiger partial charge in [-0.3, -0.25) is 0 Å². The van der Waals surface area contributed by atoms with Gasteiger partial charge >= 0.3 is 6.03 Å². The molecule has 1 heterocycles. The molecule has 7 nitrogen and oxygen atoms in total. The first kappa shape index (κ1) is 18.5. The predicted octanol–water partition coefficient (Wildman–Crippen LogP) is 1.04. The minimum atomic E-state index is -3.11. The summed E-state index contributed by atoms with van der Waals surface area (Å²) >= 11 is 0. The molecule has 2 aliphatic rings. The van der Waals surface area contributed by atoms with Gasteiger partial charge in [0.1, 0.15) is 15.9 Å². The summed E-state index contributed by atoms with van der Waals surface area (Å²) < 4.78 is 34.2. The predicted molar refractivity (Wildman–Crippen MR) is 86.9 cm³/mol. The summed E-state index contributed by atoms with van der Waals surface area (Å²) in [4.78, 5) is 11.8. The van der Waals surface area contributed by atoms with Gasteiger partial charge in [0, 0.05) is 31.7 Å². The average molecular weight is 348 g/mol. The van der Waals surface area contributed by atoms with Crippen LogP contribution in [0.3, 0.4) is 0 Å². The standard InChI is InChI=1S/C15H28N2O5S/c1-11-4-6-15(7-5-11)21-9-13(22-15)8-16-14(18)17-12(2)10-23(3,19)20/h11-13H,4-10H2,1-3H3,(H2,16,17,18). The summed E-state index contributed by atoms with van der Waals surface area (Å²) in [6.45, 7) is 4.74. The lowest BCUT2D eigenvalue weighted by molar-refractivity contribution is -0.191. The number of sulfone groups is 1. The van der Waals surface area contributed by atoms with E-state index in [2.05, 4.69) is 17.6 Å². The van der Waals surface area contributed by atoms with Crippen molar-refractivity contribution in [2.45, 2.75) is 57.5 Å². The molecule has 0 aromatic carbocycles. The molecule has 1 saturated carbocycles. The molecule has 2 amide bonds. The Morgan fingerprint density at radius 1 is 1.35 bits per heavy atom. The Labute approximate surface area is 138 Å². The summed E-state index contributed by atoms with van der Waals surface area (Å²) in [5, 5.41) is 5.33. The third-order valence-electron chi connectivity index (χ3n) is 4.37. The van der Waals surface area contributed by atoms with Crippen molar-refractivity contribution in [2.75, 3.05) is 25.2 Å². The number of urea groups is 1. The fraction of sp³-hybridized carbons (Fsp3) is 0.933. The number of ether oxygens (including phenoxy) is 2. The second kappa shape index (κ2) is 7.36. The highest BCUT2D eigenvalue weighted by atomic mass is 32.2. The Kier molecular flexibility index (Phi) is 5.91. The lowest BCUT2D eigenvalue weighted by atomic mass is 9.86. The van der Waals surface area contributed by atoms with Crippen LogP contribution < -0.4 is 10.6 Å². The summed E-state index contributed by atoms with van der Waals surface area (Å²) in [7, 11) is -3.11. The van der Waals surface area contributed by atoms with Gasteiger partial charge in [0.2, 0.25) is 0 Å². The molecular weight excluding hydrogens is 320 g/mol. The molecule has 1 aliphatic carbocycles. The van der Waals surface area contributed by atoms with Crippen LogP contribution in [0, 0.1) is 5.92 Å². The Bertz CT molecular complexity index is 514. The molecule has 134 valence electrons. The van der Waals surface area contributed by atoms with Crippen LogP contribution in [0.2, 0.25) is 0 Å². The maximum Gasteiger partial charge on any atom is 0.315 e. The highest BCUT2D eigenvalue weighted by Crippen LogP contribution is 2.39. The quantitative estimate of drug-likeness (QED) is 0.774. The van der Waals surface area contributed by atoms with E-state index >= 15 is 0 Å². The Hall–Kier alpha value is -0.860. The van der Waals surface area contributed by atoms with E-state index in [0.29, 0.717) is 19.1 Å². The van der Waals surface area contributed by atoms with Crippen LogP contribution in [-0.4, -0.2) is 57.5 Å². The largest absolute Gasteiger partial charge is 0.347 e. The van der Waals surface area contributed by atoms with Crippen molar-refractivity contribution in [3.63, 3.8) is 0 Å². The van der Waals surface area contributed by atoms with E-state index in [-0.39, 0.29) is 17.9 Å². The minimum absolute atomic E-state index is 0.0786. The monoisotopic (exact) mass is 348 g/mol. The summed E-state index contributed by atoms with van der Waals surface area (Å²) in [6.07, 6.45) is 5.01. The van der Waals surface area contributed by atoms with Crippen LogP contribution in [0.25, 0.3) is 0 Å². The molecule has 0 radical (unpaired) electrons. The molecule has 2 N–H and O–H groups in total. The van der Waals surface area contributed by atoms with Gasteiger partial charge in [-0.05, 0) is 25.7 Å². The number of carbonyl (C=O) groups is 1. The second-order valence-corrected chi connectivity index (χ2v) is 9.18. The fourth-order valence-electron chi connectivity index (χ4n) is 3.16. The molecule has 2 atom stereocenters. The number of amides is 2. The Morgan fingerprint density at radius 2 is 2.00 bits per heavy atom. The lowest BCUT2D eigenvalue weighted by Gasteiger charge is -2.34. The summed E-state index contributed by atoms with van der Waals surface area (Å²) in [5.74, 6) is 0.177. The zero-order valence-corrected chi connectivity index (χ0v) is 14.9. The molecule has 1 aliphatic heterocycles. The second-order valence-electron chi connectivity index (χ2n) is 6.99. The van der Waals surface area contributed by atoms with Gasteiger partial charge in [-0.1, -0.05) is 6.92 Å². The van der Waals surface area contributed by atoms with E-state index in [1.54, 1.807) is 6.92 Å². The number of nitrogens with one attached hydrogen (secondary N) is 2. The van der Waals surface area contributed by atoms with Crippen LogP contribution in [0.4, 0.5) is 4.79 Å². The minimum Gasteiger partial charge on any atom is -0.347 e. The molecule has 23 heavy (non-hydrogen) atoms. The zero-order valence-electron chi connectivity index (χ0n) is 14.1. The van der Waals surface area contributed by atoms with Crippen molar-refractivity contribution in [1.82, 2.24) is 10.6 Å². The number of rotatable bonds is 5. The number of hydrogen-bond acceptors (Lipinski definition) is 5. The van der Waals surface area contributed by atoms with Crippen LogP contribution >= 0.6 is 0 Å². The lowest BCUT2D eigenvalue weighted by Crippen LogP contribution is -2.46. The van der Waals surface area contributed by atoms with E-state index < -0.39 is 21.7 Å². The molecule has 1 saturated heterocycles. The highest BCUT2D eigenvalue weighted by Gasteiger charge is 2.43. The normalized spacial score (nSPS) is 32.7. The van der Waals surface area contributed by atoms with Crippen LogP contribution in [0.15, 0.2) is 0 Å². The van der Waals surface area contributed by atoms with Gasteiger partial charge in [-0.25, -0.2) is 13.2 Å². The molecule has 2 fully saturated rings. The van der Waals surface area contributed by atoms with Crippen molar-refractivity contribution in [3.05, 3.63) is 0 Å². The van der Waals surface area contributed by atoms with Crippen LogP contribution in [-0.2, 0) is 19.3 Å². The van der Waals surface area contributed by atoms with E-state index in [0.717, 1.165) is 31.9 Å². The van der Waals surface area contributed by atoms with Gasteiger partial charge in [0.25, 0.3) is 0 Å². The topological polar surface area (TPSA) is 93.7 Å². The maximum absolute atomic E-state index is 11.8. The first-order valence-electron chi connectivity index (χ1n) is 8.21. The fourth-order valence-corrected chi connectivity index (χ4v) is 4.15. The van der Waals surface area contributed by atoms with E-state index in [4.69, 9.17) is 9.47 Å². The molecule has 0 aromatic rings. The third-order valence-corrected chi connectivity index (χ3v) is 5.48.